The Kier molecular flexibility index (Phi) is 5.20. The smallest absolute Gasteiger partial charge is 0.0939 e. The van der Waals surface area contributed by atoms with Crippen LogP contribution >= 0.6 is 0 Å². The predicted octanol–water partition coefficient (Wildman–Crippen LogP) is 5.60. The lowest BCUT2D eigenvalue weighted by Crippen LogP contribution is -2.12. The van der Waals surface area contributed by atoms with Gasteiger partial charge in [0.15, 0.2) is 0 Å². The number of fused-ring (bicyclic) bond motifs is 1. The van der Waals surface area contributed by atoms with Crippen molar-refractivity contribution in [1.82, 2.24) is 0 Å². The maximum absolute atomic E-state index is 5.54. The molecule has 1 aromatic carbocycles. The Bertz CT molecular complexity index is 557. The van der Waals surface area contributed by atoms with Gasteiger partial charge in [0.2, 0.25) is 0 Å². The monoisotopic (exact) mass is 301 g/mol. The number of ether oxygens (including phenoxy) is 1. The van der Waals surface area contributed by atoms with E-state index in [1.165, 1.54) is 28.8 Å². The molecule has 2 heteroatoms. The van der Waals surface area contributed by atoms with E-state index >= 15 is 0 Å². The Labute approximate surface area is 136 Å². The van der Waals surface area contributed by atoms with Crippen molar-refractivity contribution in [1.29, 1.82) is 0 Å². The summed E-state index contributed by atoms with van der Waals surface area (Å²) in [6.45, 7) is 14.9. The number of allylic oxidation sites excluding steroid dienone is 1. The van der Waals surface area contributed by atoms with E-state index in [0.717, 1.165) is 25.3 Å². The molecule has 1 N–H and O–H groups in total. The summed E-state index contributed by atoms with van der Waals surface area (Å²) in [5.74, 6) is 1.75. The molecule has 1 aromatic rings. The number of hydrogen-bond acceptors (Lipinski definition) is 2. The second-order valence-electron chi connectivity index (χ2n) is 6.87. The van der Waals surface area contributed by atoms with Gasteiger partial charge in [0, 0.05) is 18.7 Å². The van der Waals surface area contributed by atoms with Crippen molar-refractivity contribution >= 4 is 5.69 Å². The SMILES string of the molecule is CC.CC1=C(CNc2cccc3c2C(C)CC3(C)C)CCO1. The first-order valence-corrected chi connectivity index (χ1v) is 8.68. The largest absolute Gasteiger partial charge is 0.498 e. The van der Waals surface area contributed by atoms with E-state index in [0.29, 0.717) is 11.3 Å². The summed E-state index contributed by atoms with van der Waals surface area (Å²) in [5.41, 5.74) is 6.07. The minimum absolute atomic E-state index is 0.304. The summed E-state index contributed by atoms with van der Waals surface area (Å²) in [7, 11) is 0. The number of rotatable bonds is 3. The first kappa shape index (κ1) is 16.9. The molecule has 1 unspecified atom stereocenters. The molecular formula is C20H31NO. The lowest BCUT2D eigenvalue weighted by atomic mass is 9.86. The summed E-state index contributed by atoms with van der Waals surface area (Å²) in [4.78, 5) is 0. The fourth-order valence-electron chi connectivity index (χ4n) is 3.84. The maximum Gasteiger partial charge on any atom is 0.0939 e. The van der Waals surface area contributed by atoms with E-state index in [1.54, 1.807) is 0 Å². The Hall–Kier alpha value is -1.44. The number of anilines is 1. The van der Waals surface area contributed by atoms with Crippen LogP contribution in [0.25, 0.3) is 0 Å². The molecule has 2 nitrogen and oxygen atoms in total. The number of hydrogen-bond donors (Lipinski definition) is 1. The molecule has 0 bridgehead atoms. The third kappa shape index (κ3) is 3.16. The lowest BCUT2D eigenvalue weighted by Gasteiger charge is -2.19. The molecule has 1 atom stereocenters. The Balaban J connectivity index is 0.000000847. The van der Waals surface area contributed by atoms with E-state index < -0.39 is 0 Å². The fraction of sp³-hybridized carbons (Fsp3) is 0.600. The predicted molar refractivity (Wildman–Crippen MR) is 95.6 cm³/mol. The van der Waals surface area contributed by atoms with Crippen LogP contribution < -0.4 is 5.32 Å². The molecule has 22 heavy (non-hydrogen) atoms. The Morgan fingerprint density at radius 3 is 2.64 bits per heavy atom. The van der Waals surface area contributed by atoms with E-state index in [9.17, 15) is 0 Å². The van der Waals surface area contributed by atoms with Gasteiger partial charge in [-0.05, 0) is 47.4 Å². The topological polar surface area (TPSA) is 21.3 Å². The molecule has 0 radical (unpaired) electrons. The standard InChI is InChI=1S/C18H25NO.C2H6/c1-12-10-18(3,4)15-6-5-7-16(17(12)15)19-11-14-8-9-20-13(14)2;1-2/h5-7,12,19H,8-11H2,1-4H3;1-2H3. The molecule has 0 spiro atoms. The van der Waals surface area contributed by atoms with Crippen molar-refractivity contribution in [2.75, 3.05) is 18.5 Å². The van der Waals surface area contributed by atoms with Gasteiger partial charge in [-0.3, -0.25) is 0 Å². The molecule has 1 heterocycles. The van der Waals surface area contributed by atoms with E-state index in [1.807, 2.05) is 13.8 Å². The average Bonchev–Trinajstić information content (AvgIpc) is 3.01. The van der Waals surface area contributed by atoms with E-state index in [4.69, 9.17) is 4.74 Å². The van der Waals surface area contributed by atoms with Crippen molar-refractivity contribution in [3.63, 3.8) is 0 Å². The van der Waals surface area contributed by atoms with Crippen LogP contribution in [0.5, 0.6) is 0 Å². The summed E-state index contributed by atoms with van der Waals surface area (Å²) in [5, 5.41) is 3.65. The summed E-state index contributed by atoms with van der Waals surface area (Å²) >= 11 is 0. The van der Waals surface area contributed by atoms with Gasteiger partial charge in [-0.2, -0.15) is 0 Å². The third-order valence-corrected chi connectivity index (χ3v) is 4.86. The van der Waals surface area contributed by atoms with Crippen LogP contribution in [-0.2, 0) is 10.2 Å². The van der Waals surface area contributed by atoms with Crippen LogP contribution in [-0.4, -0.2) is 13.2 Å². The van der Waals surface area contributed by atoms with E-state index in [-0.39, 0.29) is 0 Å². The highest BCUT2D eigenvalue weighted by molar-refractivity contribution is 5.61. The van der Waals surface area contributed by atoms with Crippen LogP contribution in [0.2, 0.25) is 0 Å². The first-order valence-electron chi connectivity index (χ1n) is 8.68. The number of nitrogens with one attached hydrogen (secondary N) is 1. The molecular weight excluding hydrogens is 270 g/mol. The van der Waals surface area contributed by atoms with Crippen molar-refractivity contribution in [2.24, 2.45) is 0 Å². The van der Waals surface area contributed by atoms with Crippen molar-refractivity contribution in [3.05, 3.63) is 40.7 Å². The highest BCUT2D eigenvalue weighted by Crippen LogP contribution is 2.48. The first-order chi connectivity index (χ1) is 10.5. The molecule has 0 saturated heterocycles. The van der Waals surface area contributed by atoms with Gasteiger partial charge in [-0.25, -0.2) is 0 Å². The highest BCUT2D eigenvalue weighted by Gasteiger charge is 2.35. The fourth-order valence-corrected chi connectivity index (χ4v) is 3.84. The molecule has 122 valence electrons. The summed E-state index contributed by atoms with van der Waals surface area (Å²) in [6, 6.07) is 6.71. The second-order valence-corrected chi connectivity index (χ2v) is 6.87. The zero-order valence-corrected chi connectivity index (χ0v) is 15.0. The van der Waals surface area contributed by atoms with Gasteiger partial charge in [-0.1, -0.05) is 46.8 Å². The minimum atomic E-state index is 0.304. The molecule has 2 aliphatic rings. The van der Waals surface area contributed by atoms with Crippen molar-refractivity contribution in [2.45, 2.75) is 65.7 Å². The third-order valence-electron chi connectivity index (χ3n) is 4.86. The quantitative estimate of drug-likeness (QED) is 0.784. The van der Waals surface area contributed by atoms with Gasteiger partial charge < -0.3 is 10.1 Å². The number of benzene rings is 1. The zero-order valence-electron chi connectivity index (χ0n) is 15.0. The normalized spacial score (nSPS) is 21.8. The molecule has 1 aliphatic heterocycles. The van der Waals surface area contributed by atoms with Gasteiger partial charge in [-0.15, -0.1) is 0 Å². The Morgan fingerprint density at radius 2 is 2.00 bits per heavy atom. The van der Waals surface area contributed by atoms with E-state index in [2.05, 4.69) is 51.2 Å². The maximum atomic E-state index is 5.54. The van der Waals surface area contributed by atoms with Gasteiger partial charge >= 0.3 is 0 Å². The van der Waals surface area contributed by atoms with Gasteiger partial charge in [0.25, 0.3) is 0 Å². The summed E-state index contributed by atoms with van der Waals surface area (Å²) in [6.07, 6.45) is 2.31. The Morgan fingerprint density at radius 1 is 1.27 bits per heavy atom. The molecule has 1 aliphatic carbocycles. The van der Waals surface area contributed by atoms with Crippen molar-refractivity contribution < 1.29 is 4.74 Å². The van der Waals surface area contributed by atoms with Gasteiger partial charge in [0.1, 0.15) is 0 Å². The molecule has 3 rings (SSSR count). The molecule has 0 saturated carbocycles. The van der Waals surface area contributed by atoms with Crippen LogP contribution in [0.4, 0.5) is 5.69 Å². The van der Waals surface area contributed by atoms with Crippen LogP contribution in [0, 0.1) is 0 Å². The minimum Gasteiger partial charge on any atom is -0.498 e. The van der Waals surface area contributed by atoms with Crippen LogP contribution in [0.1, 0.15) is 71.4 Å². The van der Waals surface area contributed by atoms with Crippen LogP contribution in [0.15, 0.2) is 29.5 Å². The summed E-state index contributed by atoms with van der Waals surface area (Å²) < 4.78 is 5.54. The average molecular weight is 301 g/mol. The van der Waals surface area contributed by atoms with Crippen LogP contribution in [0.3, 0.4) is 0 Å². The molecule has 0 fully saturated rings. The zero-order chi connectivity index (χ0) is 16.3. The van der Waals surface area contributed by atoms with Gasteiger partial charge in [0.05, 0.1) is 12.4 Å². The lowest BCUT2D eigenvalue weighted by molar-refractivity contribution is 0.246. The highest BCUT2D eigenvalue weighted by atomic mass is 16.5. The molecule has 0 amide bonds. The van der Waals surface area contributed by atoms with Crippen molar-refractivity contribution in [3.8, 4) is 0 Å². The second kappa shape index (κ2) is 6.76. The molecule has 0 aromatic heterocycles.